The molecule has 3 aliphatic rings. The predicted molar refractivity (Wildman–Crippen MR) is 190 cm³/mol. The summed E-state index contributed by atoms with van der Waals surface area (Å²) in [6.07, 6.45) is 3.19. The molecule has 10 nitrogen and oxygen atoms in total. The SMILES string of the molecule is COc1ccc(C(Cc2c(Cl)c[n+]([O-])cc2Cl)OC(=O)c2ccc(CN(C(=O)O[C@H]3CN4CCC3CC4)c3ccccc3C)cc2)cc1OC. The molecule has 4 heterocycles. The molecule has 7 rings (SSSR count). The number of carbonyl (C=O) groups is 2. The second-order valence-electron chi connectivity index (χ2n) is 12.6. The molecule has 1 aromatic heterocycles. The molecule has 3 saturated heterocycles. The van der Waals surface area contributed by atoms with E-state index in [1.807, 2.05) is 31.2 Å². The Bertz CT molecular complexity index is 1820. The maximum absolute atomic E-state index is 13.7. The van der Waals surface area contributed by atoms with E-state index in [0.717, 1.165) is 49.3 Å². The van der Waals surface area contributed by atoms with Crippen molar-refractivity contribution < 1.29 is 33.3 Å². The molecule has 2 bridgehead atoms. The van der Waals surface area contributed by atoms with Gasteiger partial charge in [0, 0.05) is 18.5 Å². The Morgan fingerprint density at radius 1 is 0.960 bits per heavy atom. The quantitative estimate of drug-likeness (QED) is 0.0902. The van der Waals surface area contributed by atoms with Gasteiger partial charge in [-0.2, -0.15) is 4.73 Å². The number of fused-ring (bicyclic) bond motifs is 3. The summed E-state index contributed by atoms with van der Waals surface area (Å²) in [5.41, 5.74) is 3.88. The van der Waals surface area contributed by atoms with Gasteiger partial charge >= 0.3 is 12.1 Å². The molecule has 3 aliphatic heterocycles. The highest BCUT2D eigenvalue weighted by Gasteiger charge is 2.37. The van der Waals surface area contributed by atoms with Crippen LogP contribution in [0.2, 0.25) is 10.0 Å². The monoisotopic (exact) mass is 719 g/mol. The van der Waals surface area contributed by atoms with E-state index in [2.05, 4.69) is 4.90 Å². The van der Waals surface area contributed by atoms with E-state index in [9.17, 15) is 14.8 Å². The first-order valence-electron chi connectivity index (χ1n) is 16.5. The van der Waals surface area contributed by atoms with Gasteiger partial charge in [-0.15, -0.1) is 0 Å². The summed E-state index contributed by atoms with van der Waals surface area (Å²) in [6, 6.07) is 19.8. The first-order valence-corrected chi connectivity index (χ1v) is 17.2. The number of hydrogen-bond donors (Lipinski definition) is 0. The van der Waals surface area contributed by atoms with E-state index in [1.54, 1.807) is 47.4 Å². The van der Waals surface area contributed by atoms with Gasteiger partial charge in [0.05, 0.1) is 32.0 Å². The highest BCUT2D eigenvalue weighted by Crippen LogP contribution is 2.36. The van der Waals surface area contributed by atoms with Crippen LogP contribution in [0.5, 0.6) is 11.5 Å². The Morgan fingerprint density at radius 3 is 2.26 bits per heavy atom. The van der Waals surface area contributed by atoms with Crippen molar-refractivity contribution in [3.8, 4) is 11.5 Å². The van der Waals surface area contributed by atoms with Crippen LogP contribution in [-0.2, 0) is 22.4 Å². The molecular weight excluding hydrogens is 681 g/mol. The van der Waals surface area contributed by atoms with Gasteiger partial charge < -0.3 is 24.2 Å². The number of anilines is 1. The van der Waals surface area contributed by atoms with E-state index in [1.165, 1.54) is 26.6 Å². The van der Waals surface area contributed by atoms with Crippen LogP contribution in [-0.4, -0.2) is 56.9 Å². The maximum Gasteiger partial charge on any atom is 0.414 e. The average Bonchev–Trinajstić information content (AvgIpc) is 3.12. The first kappa shape index (κ1) is 35.3. The lowest BCUT2D eigenvalue weighted by Gasteiger charge is -2.44. The maximum atomic E-state index is 13.7. The van der Waals surface area contributed by atoms with Crippen LogP contribution < -0.4 is 19.1 Å². The number of halogens is 2. The summed E-state index contributed by atoms with van der Waals surface area (Å²) >= 11 is 12.8. The van der Waals surface area contributed by atoms with Crippen molar-refractivity contribution in [2.45, 2.75) is 44.9 Å². The number of rotatable bonds is 11. The van der Waals surface area contributed by atoms with E-state index < -0.39 is 12.1 Å². The number of piperidine rings is 3. The number of aryl methyl sites for hydroxylation is 1. The molecule has 2 atom stereocenters. The molecule has 0 saturated carbocycles. The van der Waals surface area contributed by atoms with Gasteiger partial charge in [0.25, 0.3) is 0 Å². The molecule has 1 amide bonds. The summed E-state index contributed by atoms with van der Waals surface area (Å²) in [5, 5.41) is 12.2. The third-order valence-corrected chi connectivity index (χ3v) is 10.1. The smallest absolute Gasteiger partial charge is 0.414 e. The van der Waals surface area contributed by atoms with Crippen LogP contribution in [0.25, 0.3) is 0 Å². The number of hydrogen-bond acceptors (Lipinski definition) is 8. The van der Waals surface area contributed by atoms with E-state index in [4.69, 9.17) is 42.1 Å². The third kappa shape index (κ3) is 7.93. The average molecular weight is 721 g/mol. The Kier molecular flexibility index (Phi) is 11.0. The van der Waals surface area contributed by atoms with Crippen molar-refractivity contribution >= 4 is 41.0 Å². The van der Waals surface area contributed by atoms with Gasteiger partial charge in [0.1, 0.15) is 22.3 Å². The Hall–Kier alpha value is -4.51. The number of benzene rings is 3. The standard InChI is InChI=1S/C38H39Cl2N3O7/c1-24-6-4-5-7-32(24)43(38(45)50-36-23-41-16-14-26(36)15-17-41)20-25-8-10-27(11-9-25)37(44)49-34(19-29-30(39)21-42(46)22-31(29)40)28-12-13-33(47-2)35(18-28)48-3/h4-13,18,21-22,26,34,36H,14-17,19-20,23H2,1-3H3/t34?,36-/m0/s1. The number of methoxy groups -OCH3 is 2. The second kappa shape index (κ2) is 15.6. The molecule has 0 radical (unpaired) electrons. The van der Waals surface area contributed by atoms with E-state index >= 15 is 0 Å². The normalized spacial score (nSPS) is 18.6. The number of aromatic nitrogens is 1. The minimum absolute atomic E-state index is 0.0882. The van der Waals surface area contributed by atoms with Crippen LogP contribution in [0.3, 0.4) is 0 Å². The van der Waals surface area contributed by atoms with Crippen molar-refractivity contribution in [3.63, 3.8) is 0 Å². The molecule has 0 spiro atoms. The van der Waals surface area contributed by atoms with Crippen LogP contribution in [0.4, 0.5) is 10.5 Å². The van der Waals surface area contributed by atoms with Crippen LogP contribution >= 0.6 is 23.2 Å². The van der Waals surface area contributed by atoms with E-state index in [-0.39, 0.29) is 35.2 Å². The van der Waals surface area contributed by atoms with Gasteiger partial charge in [0.2, 0.25) is 0 Å². The van der Waals surface area contributed by atoms with Gasteiger partial charge in [-0.25, -0.2) is 9.59 Å². The summed E-state index contributed by atoms with van der Waals surface area (Å²) in [4.78, 5) is 31.4. The fourth-order valence-electron chi connectivity index (χ4n) is 6.67. The molecule has 4 aromatic rings. The summed E-state index contributed by atoms with van der Waals surface area (Å²) in [5.74, 6) is 0.749. The van der Waals surface area contributed by atoms with Crippen molar-refractivity contribution in [2.24, 2.45) is 5.92 Å². The number of pyridine rings is 1. The summed E-state index contributed by atoms with van der Waals surface area (Å²) < 4.78 is 23.6. The lowest BCUT2D eigenvalue weighted by atomic mass is 9.86. The fraction of sp³-hybridized carbons (Fsp3) is 0.342. The third-order valence-electron chi connectivity index (χ3n) is 9.48. The zero-order valence-electron chi connectivity index (χ0n) is 28.1. The number of ether oxygens (including phenoxy) is 4. The second-order valence-corrected chi connectivity index (χ2v) is 13.4. The molecule has 0 aliphatic carbocycles. The van der Waals surface area contributed by atoms with E-state index in [0.29, 0.717) is 38.8 Å². The van der Waals surface area contributed by atoms with Gasteiger partial charge in [-0.3, -0.25) is 9.80 Å². The molecule has 12 heteroatoms. The molecule has 3 fully saturated rings. The number of para-hydroxylation sites is 1. The lowest BCUT2D eigenvalue weighted by molar-refractivity contribution is -0.605. The molecule has 3 aromatic carbocycles. The number of esters is 1. The number of amides is 1. The summed E-state index contributed by atoms with van der Waals surface area (Å²) in [7, 11) is 3.04. The zero-order chi connectivity index (χ0) is 35.4. The van der Waals surface area contributed by atoms with Crippen molar-refractivity contribution in [2.75, 3.05) is 38.8 Å². The molecule has 50 heavy (non-hydrogen) atoms. The van der Waals surface area contributed by atoms with Crippen molar-refractivity contribution in [3.05, 3.63) is 122 Å². The van der Waals surface area contributed by atoms with Crippen molar-refractivity contribution in [1.82, 2.24) is 4.90 Å². The molecule has 262 valence electrons. The van der Waals surface area contributed by atoms with Crippen molar-refractivity contribution in [1.29, 1.82) is 0 Å². The zero-order valence-corrected chi connectivity index (χ0v) is 29.7. The Labute approximate surface area is 301 Å². The van der Waals surface area contributed by atoms with Gasteiger partial charge in [-0.1, -0.05) is 59.6 Å². The van der Waals surface area contributed by atoms with Crippen LogP contribution in [0, 0.1) is 18.0 Å². The minimum atomic E-state index is -0.850. The van der Waals surface area contributed by atoms with Gasteiger partial charge in [0.15, 0.2) is 23.9 Å². The van der Waals surface area contributed by atoms with Gasteiger partial charge in [-0.05, 0) is 85.8 Å². The largest absolute Gasteiger partial charge is 0.619 e. The highest BCUT2D eigenvalue weighted by molar-refractivity contribution is 6.35. The lowest BCUT2D eigenvalue weighted by Crippen LogP contribution is -2.53. The predicted octanol–water partition coefficient (Wildman–Crippen LogP) is 7.33. The molecular formula is C38H39Cl2N3O7. The van der Waals surface area contributed by atoms with Crippen LogP contribution in [0.1, 0.15) is 51.6 Å². The van der Waals surface area contributed by atoms with Crippen LogP contribution in [0.15, 0.2) is 79.1 Å². The number of carbonyl (C=O) groups excluding carboxylic acids is 2. The topological polar surface area (TPSA) is 104 Å². The fourth-order valence-corrected chi connectivity index (χ4v) is 7.27. The highest BCUT2D eigenvalue weighted by atomic mass is 35.5. The molecule has 0 N–H and O–H groups in total. The number of nitrogens with zero attached hydrogens (tertiary/aromatic N) is 3. The Balaban J connectivity index is 1.22. The summed E-state index contributed by atoms with van der Waals surface area (Å²) in [6.45, 7) is 5.09. The minimum Gasteiger partial charge on any atom is -0.619 e. The Morgan fingerprint density at radius 2 is 1.64 bits per heavy atom. The first-order chi connectivity index (χ1) is 24.1. The molecule has 1 unspecified atom stereocenters.